The van der Waals surface area contributed by atoms with E-state index in [4.69, 9.17) is 16.7 Å². The standard InChI is InChI=1S/C10H6ClF6NO3/c11-3-6-4(1-8(19)20)5(9(12,13)14)2-7(18-6)21-10(15,16)17/h2H,1,3H2,(H,19,20). The molecule has 4 nitrogen and oxygen atoms in total. The van der Waals surface area contributed by atoms with E-state index in [0.29, 0.717) is 0 Å². The molecule has 0 radical (unpaired) electrons. The number of aromatic nitrogens is 1. The Balaban J connectivity index is 3.46. The molecule has 0 unspecified atom stereocenters. The fourth-order valence-electron chi connectivity index (χ4n) is 1.48. The van der Waals surface area contributed by atoms with Gasteiger partial charge in [0.1, 0.15) is 0 Å². The van der Waals surface area contributed by atoms with Crippen LogP contribution in [0.15, 0.2) is 6.07 Å². The van der Waals surface area contributed by atoms with Gasteiger partial charge >= 0.3 is 18.5 Å². The molecule has 1 aromatic rings. The molecule has 21 heavy (non-hydrogen) atoms. The average Bonchev–Trinajstić information content (AvgIpc) is 2.26. The van der Waals surface area contributed by atoms with Crippen molar-refractivity contribution in [1.82, 2.24) is 4.98 Å². The molecule has 0 aliphatic carbocycles. The summed E-state index contributed by atoms with van der Waals surface area (Å²) < 4.78 is 77.9. The van der Waals surface area contributed by atoms with E-state index >= 15 is 0 Å². The number of carbonyl (C=O) groups is 1. The predicted octanol–water partition coefficient (Wildman–Crippen LogP) is 3.36. The Kier molecular flexibility index (Phi) is 4.92. The fraction of sp³-hybridized carbons (Fsp3) is 0.400. The Bertz CT molecular complexity index is 543. The second-order valence-corrected chi connectivity index (χ2v) is 3.95. The molecule has 0 bridgehead atoms. The Hall–Kier alpha value is -1.71. The van der Waals surface area contributed by atoms with Crippen molar-refractivity contribution in [2.24, 2.45) is 0 Å². The van der Waals surface area contributed by atoms with Crippen LogP contribution in [0.3, 0.4) is 0 Å². The zero-order valence-electron chi connectivity index (χ0n) is 9.85. The molecule has 1 rings (SSSR count). The molecule has 0 saturated heterocycles. The van der Waals surface area contributed by atoms with E-state index < -0.39 is 53.5 Å². The van der Waals surface area contributed by atoms with Gasteiger partial charge in [0, 0.05) is 6.07 Å². The topological polar surface area (TPSA) is 59.4 Å². The lowest BCUT2D eigenvalue weighted by Gasteiger charge is -2.17. The van der Waals surface area contributed by atoms with Crippen LogP contribution in [0.25, 0.3) is 0 Å². The number of carboxylic acids is 1. The van der Waals surface area contributed by atoms with Crippen LogP contribution in [0, 0.1) is 0 Å². The minimum atomic E-state index is -5.24. The highest BCUT2D eigenvalue weighted by molar-refractivity contribution is 6.17. The van der Waals surface area contributed by atoms with Crippen LogP contribution in [0.2, 0.25) is 0 Å². The van der Waals surface area contributed by atoms with Crippen molar-refractivity contribution in [3.05, 3.63) is 22.9 Å². The Labute approximate surface area is 118 Å². The van der Waals surface area contributed by atoms with Gasteiger partial charge in [0.2, 0.25) is 5.88 Å². The molecule has 11 heteroatoms. The molecule has 0 amide bonds. The summed E-state index contributed by atoms with van der Waals surface area (Å²) in [5, 5.41) is 8.58. The smallest absolute Gasteiger partial charge is 0.481 e. The number of halogens is 7. The Morgan fingerprint density at radius 1 is 1.29 bits per heavy atom. The van der Waals surface area contributed by atoms with Crippen molar-refractivity contribution in [3.8, 4) is 5.88 Å². The molecule has 0 atom stereocenters. The predicted molar refractivity (Wildman–Crippen MR) is 56.8 cm³/mol. The van der Waals surface area contributed by atoms with Gasteiger partial charge in [0.05, 0.1) is 23.6 Å². The lowest BCUT2D eigenvalue weighted by molar-refractivity contribution is -0.276. The van der Waals surface area contributed by atoms with E-state index in [1.807, 2.05) is 0 Å². The molecule has 0 aromatic carbocycles. The number of nitrogens with zero attached hydrogens (tertiary/aromatic N) is 1. The van der Waals surface area contributed by atoms with Gasteiger partial charge in [-0.25, -0.2) is 4.98 Å². The third-order valence-electron chi connectivity index (χ3n) is 2.17. The van der Waals surface area contributed by atoms with Crippen LogP contribution in [0.4, 0.5) is 26.3 Å². The second kappa shape index (κ2) is 5.96. The van der Waals surface area contributed by atoms with Gasteiger partial charge in [-0.1, -0.05) is 0 Å². The van der Waals surface area contributed by atoms with Crippen LogP contribution < -0.4 is 4.74 Å². The molecule has 0 aliphatic rings. The maximum Gasteiger partial charge on any atom is 0.574 e. The Morgan fingerprint density at radius 3 is 2.24 bits per heavy atom. The number of alkyl halides is 7. The zero-order valence-corrected chi connectivity index (χ0v) is 10.6. The monoisotopic (exact) mass is 337 g/mol. The largest absolute Gasteiger partial charge is 0.574 e. The van der Waals surface area contributed by atoms with Crippen LogP contribution in [0.1, 0.15) is 16.8 Å². The van der Waals surface area contributed by atoms with Gasteiger partial charge in [-0.2, -0.15) is 13.2 Å². The summed E-state index contributed by atoms with van der Waals surface area (Å²) in [5.74, 6) is -3.68. The normalized spacial score (nSPS) is 12.3. The molecule has 1 aromatic heterocycles. The van der Waals surface area contributed by atoms with Crippen LogP contribution >= 0.6 is 11.6 Å². The summed E-state index contributed by atoms with van der Waals surface area (Å²) in [7, 11) is 0. The minimum Gasteiger partial charge on any atom is -0.481 e. The van der Waals surface area contributed by atoms with Crippen molar-refractivity contribution in [1.29, 1.82) is 0 Å². The summed E-state index contributed by atoms with van der Waals surface area (Å²) in [6.45, 7) is 0. The van der Waals surface area contributed by atoms with Crippen molar-refractivity contribution in [2.75, 3.05) is 0 Å². The van der Waals surface area contributed by atoms with Gasteiger partial charge in [-0.3, -0.25) is 4.79 Å². The maximum absolute atomic E-state index is 12.8. The van der Waals surface area contributed by atoms with Gasteiger partial charge in [-0.05, 0) is 5.56 Å². The van der Waals surface area contributed by atoms with E-state index in [-0.39, 0.29) is 6.07 Å². The second-order valence-electron chi connectivity index (χ2n) is 3.68. The number of ether oxygens (including phenoxy) is 1. The minimum absolute atomic E-state index is 0.0121. The highest BCUT2D eigenvalue weighted by Crippen LogP contribution is 2.36. The van der Waals surface area contributed by atoms with Gasteiger partial charge in [0.25, 0.3) is 0 Å². The van der Waals surface area contributed by atoms with Gasteiger partial charge in [-0.15, -0.1) is 24.8 Å². The third kappa shape index (κ3) is 4.96. The summed E-state index contributed by atoms with van der Waals surface area (Å²) >= 11 is 5.32. The molecule has 0 aliphatic heterocycles. The molecule has 1 N–H and O–H groups in total. The van der Waals surface area contributed by atoms with Gasteiger partial charge < -0.3 is 9.84 Å². The maximum atomic E-state index is 12.8. The fourth-order valence-corrected chi connectivity index (χ4v) is 1.70. The van der Waals surface area contributed by atoms with Crippen molar-refractivity contribution in [2.45, 2.75) is 24.8 Å². The average molecular weight is 338 g/mol. The summed E-state index contributed by atoms with van der Waals surface area (Å²) in [4.78, 5) is 13.7. The summed E-state index contributed by atoms with van der Waals surface area (Å²) in [6, 6.07) is -0.0121. The van der Waals surface area contributed by atoms with Crippen LogP contribution in [0.5, 0.6) is 5.88 Å². The van der Waals surface area contributed by atoms with Crippen molar-refractivity contribution >= 4 is 17.6 Å². The number of aliphatic carboxylic acids is 1. The summed E-state index contributed by atoms with van der Waals surface area (Å²) in [5.41, 5.74) is -3.04. The van der Waals surface area contributed by atoms with Crippen LogP contribution in [-0.4, -0.2) is 22.4 Å². The van der Waals surface area contributed by atoms with Crippen molar-refractivity contribution in [3.63, 3.8) is 0 Å². The summed E-state index contributed by atoms with van der Waals surface area (Å²) in [6.07, 6.45) is -11.4. The number of hydrogen-bond donors (Lipinski definition) is 1. The first-order valence-electron chi connectivity index (χ1n) is 5.07. The molecular weight excluding hydrogens is 332 g/mol. The van der Waals surface area contributed by atoms with Gasteiger partial charge in [0.15, 0.2) is 0 Å². The highest BCUT2D eigenvalue weighted by Gasteiger charge is 2.38. The molecule has 0 spiro atoms. The van der Waals surface area contributed by atoms with E-state index in [1.165, 1.54) is 0 Å². The van der Waals surface area contributed by atoms with E-state index in [1.54, 1.807) is 0 Å². The lowest BCUT2D eigenvalue weighted by atomic mass is 10.0. The molecule has 0 saturated carbocycles. The molecular formula is C10H6ClF6NO3. The SMILES string of the molecule is O=C(O)Cc1c(C(F)(F)F)cc(OC(F)(F)F)nc1CCl. The molecule has 1 heterocycles. The van der Waals surface area contributed by atoms with E-state index in [9.17, 15) is 31.1 Å². The quantitative estimate of drug-likeness (QED) is 0.676. The number of hydrogen-bond acceptors (Lipinski definition) is 3. The molecule has 118 valence electrons. The first kappa shape index (κ1) is 17.3. The number of rotatable bonds is 4. The third-order valence-corrected chi connectivity index (χ3v) is 2.42. The van der Waals surface area contributed by atoms with E-state index in [2.05, 4.69) is 9.72 Å². The lowest BCUT2D eigenvalue weighted by Crippen LogP contribution is -2.21. The first-order valence-corrected chi connectivity index (χ1v) is 5.61. The number of carboxylic acid groups (broad SMARTS) is 1. The highest BCUT2D eigenvalue weighted by atomic mass is 35.5. The number of pyridine rings is 1. The van der Waals surface area contributed by atoms with E-state index in [0.717, 1.165) is 0 Å². The molecule has 0 fully saturated rings. The van der Waals surface area contributed by atoms with Crippen LogP contribution in [-0.2, 0) is 23.3 Å². The zero-order chi connectivity index (χ0) is 16.4. The first-order chi connectivity index (χ1) is 9.44. The van der Waals surface area contributed by atoms with Crippen molar-refractivity contribution < 1.29 is 41.0 Å². The Morgan fingerprint density at radius 2 is 1.86 bits per heavy atom.